The van der Waals surface area contributed by atoms with Gasteiger partial charge in [-0.25, -0.2) is 4.79 Å². The number of nitrogens with one attached hydrogen (secondary N) is 2. The van der Waals surface area contributed by atoms with Crippen molar-refractivity contribution in [1.82, 2.24) is 10.2 Å². The van der Waals surface area contributed by atoms with Crippen LogP contribution in [0.1, 0.15) is 50.7 Å². The molecule has 5 heteroatoms. The maximum atomic E-state index is 12.7. The van der Waals surface area contributed by atoms with E-state index in [0.717, 1.165) is 6.54 Å². The van der Waals surface area contributed by atoms with Gasteiger partial charge in [-0.3, -0.25) is 9.69 Å². The molecule has 0 radical (unpaired) electrons. The molecule has 0 spiro atoms. The van der Waals surface area contributed by atoms with Crippen LogP contribution in [0.3, 0.4) is 0 Å². The summed E-state index contributed by atoms with van der Waals surface area (Å²) in [6.45, 7) is 8.24. The summed E-state index contributed by atoms with van der Waals surface area (Å²) in [5.41, 5.74) is 2.59. The summed E-state index contributed by atoms with van der Waals surface area (Å²) in [4.78, 5) is 27.1. The molecule has 1 unspecified atom stereocenters. The van der Waals surface area contributed by atoms with Gasteiger partial charge in [-0.2, -0.15) is 0 Å². The van der Waals surface area contributed by atoms with Gasteiger partial charge in [0, 0.05) is 31.5 Å². The van der Waals surface area contributed by atoms with Crippen LogP contribution in [0.4, 0.5) is 4.79 Å². The number of quaternary nitrogens is 1. The molecule has 1 aromatic carbocycles. The molecule has 1 heterocycles. The first-order chi connectivity index (χ1) is 11.5. The molecule has 3 amide bonds. The first kappa shape index (κ1) is 17.0. The van der Waals surface area contributed by atoms with Crippen molar-refractivity contribution in [3.63, 3.8) is 0 Å². The van der Waals surface area contributed by atoms with Crippen LogP contribution in [0.5, 0.6) is 0 Å². The number of urea groups is 1. The largest absolute Gasteiger partial charge is 0.336 e. The van der Waals surface area contributed by atoms with E-state index < -0.39 is 0 Å². The Morgan fingerprint density at radius 2 is 1.92 bits per heavy atom. The zero-order chi connectivity index (χ0) is 17.3. The van der Waals surface area contributed by atoms with Gasteiger partial charge in [0.25, 0.3) is 5.91 Å². The summed E-state index contributed by atoms with van der Waals surface area (Å²) in [7, 11) is 0. The number of nitrogens with zero attached hydrogens (tertiary/aromatic N) is 1. The third kappa shape index (κ3) is 3.61. The Labute approximate surface area is 144 Å². The molecule has 3 rings (SSSR count). The third-order valence-corrected chi connectivity index (χ3v) is 5.21. The smallest absolute Gasteiger partial charge is 0.324 e. The molecule has 24 heavy (non-hydrogen) atoms. The summed E-state index contributed by atoms with van der Waals surface area (Å²) in [5, 5.41) is 2.71. The second-order valence-electron chi connectivity index (χ2n) is 7.37. The SMILES string of the molecule is CC(C)c1ccc(C[NH+](C2CC2)[C@H](C)C(=O)N2CCNC2=O)cc1. The summed E-state index contributed by atoms with van der Waals surface area (Å²) >= 11 is 0. The lowest BCUT2D eigenvalue weighted by molar-refractivity contribution is -0.938. The topological polar surface area (TPSA) is 53.9 Å². The third-order valence-electron chi connectivity index (χ3n) is 5.21. The Kier molecular flexibility index (Phi) is 4.90. The van der Waals surface area contributed by atoms with Crippen LogP contribution in [0.15, 0.2) is 24.3 Å². The number of benzene rings is 1. The second-order valence-corrected chi connectivity index (χ2v) is 7.37. The molecule has 2 N–H and O–H groups in total. The number of carbonyl (C=O) groups excluding carboxylic acids is 2. The normalized spacial score (nSPS) is 20.2. The fourth-order valence-corrected chi connectivity index (χ4v) is 3.44. The van der Waals surface area contributed by atoms with Gasteiger partial charge < -0.3 is 10.2 Å². The Hall–Kier alpha value is -1.88. The minimum Gasteiger partial charge on any atom is -0.336 e. The van der Waals surface area contributed by atoms with E-state index in [1.807, 2.05) is 6.92 Å². The molecular weight excluding hydrogens is 302 g/mol. The standard InChI is InChI=1S/C19H27N3O2/c1-13(2)16-6-4-15(5-7-16)12-22(17-8-9-17)14(3)18(23)21-11-10-20-19(21)24/h4-7,13-14,17H,8-12H2,1-3H3,(H,20,24)/p+1/t14-/m1/s1. The Balaban J connectivity index is 1.70. The van der Waals surface area contributed by atoms with Crippen molar-refractivity contribution in [3.05, 3.63) is 35.4 Å². The van der Waals surface area contributed by atoms with Gasteiger partial charge in [0.15, 0.2) is 6.04 Å². The molecule has 0 bridgehead atoms. The van der Waals surface area contributed by atoms with Gasteiger partial charge in [-0.1, -0.05) is 38.1 Å². The van der Waals surface area contributed by atoms with Gasteiger partial charge in [0.1, 0.15) is 6.54 Å². The number of hydrogen-bond donors (Lipinski definition) is 2. The molecule has 2 aliphatic rings. The molecule has 0 aromatic heterocycles. The molecular formula is C19H28N3O2+. The van der Waals surface area contributed by atoms with E-state index >= 15 is 0 Å². The van der Waals surface area contributed by atoms with Crippen LogP contribution >= 0.6 is 0 Å². The quantitative estimate of drug-likeness (QED) is 0.826. The van der Waals surface area contributed by atoms with Crippen LogP contribution in [0.25, 0.3) is 0 Å². The highest BCUT2D eigenvalue weighted by Gasteiger charge is 2.42. The second kappa shape index (κ2) is 6.93. The molecule has 1 saturated carbocycles. The number of hydrogen-bond acceptors (Lipinski definition) is 2. The molecule has 1 aromatic rings. The van der Waals surface area contributed by atoms with Crippen LogP contribution < -0.4 is 10.2 Å². The number of imide groups is 1. The molecule has 2 fully saturated rings. The summed E-state index contributed by atoms with van der Waals surface area (Å²) in [6.07, 6.45) is 2.34. The predicted octanol–water partition coefficient (Wildman–Crippen LogP) is 1.30. The lowest BCUT2D eigenvalue weighted by atomic mass is 10.0. The molecule has 5 nitrogen and oxygen atoms in total. The lowest BCUT2D eigenvalue weighted by Crippen LogP contribution is -3.16. The van der Waals surface area contributed by atoms with Crippen molar-refractivity contribution in [2.24, 2.45) is 0 Å². The fraction of sp³-hybridized carbons (Fsp3) is 0.579. The van der Waals surface area contributed by atoms with Crippen LogP contribution in [-0.2, 0) is 11.3 Å². The van der Waals surface area contributed by atoms with Gasteiger partial charge in [0.2, 0.25) is 0 Å². The van der Waals surface area contributed by atoms with Crippen molar-refractivity contribution in [2.75, 3.05) is 13.1 Å². The van der Waals surface area contributed by atoms with E-state index in [1.54, 1.807) is 0 Å². The highest BCUT2D eigenvalue weighted by molar-refractivity contribution is 5.97. The van der Waals surface area contributed by atoms with Crippen molar-refractivity contribution >= 4 is 11.9 Å². The fourth-order valence-electron chi connectivity index (χ4n) is 3.44. The molecule has 1 aliphatic carbocycles. The first-order valence-electron chi connectivity index (χ1n) is 9.01. The Morgan fingerprint density at radius 3 is 2.42 bits per heavy atom. The van der Waals surface area contributed by atoms with Crippen LogP contribution in [0.2, 0.25) is 0 Å². The minimum absolute atomic E-state index is 0.0503. The van der Waals surface area contributed by atoms with Crippen LogP contribution in [-0.4, -0.2) is 42.0 Å². The van der Waals surface area contributed by atoms with Crippen LogP contribution in [0, 0.1) is 0 Å². The average Bonchev–Trinajstić information content (AvgIpc) is 3.32. The van der Waals surface area contributed by atoms with Crippen molar-refractivity contribution in [2.45, 2.75) is 58.2 Å². The van der Waals surface area contributed by atoms with Gasteiger partial charge in [0.05, 0.1) is 6.04 Å². The highest BCUT2D eigenvalue weighted by Crippen LogP contribution is 2.18. The average molecular weight is 330 g/mol. The van der Waals surface area contributed by atoms with Gasteiger partial charge in [-0.15, -0.1) is 0 Å². The Bertz CT molecular complexity index is 608. The number of amides is 3. The summed E-state index contributed by atoms with van der Waals surface area (Å²) in [5.74, 6) is 0.478. The number of carbonyl (C=O) groups is 2. The maximum absolute atomic E-state index is 12.7. The van der Waals surface area contributed by atoms with E-state index in [9.17, 15) is 9.59 Å². The molecule has 1 saturated heterocycles. The minimum atomic E-state index is -0.247. The van der Waals surface area contributed by atoms with Crippen molar-refractivity contribution < 1.29 is 14.5 Å². The van der Waals surface area contributed by atoms with Crippen molar-refractivity contribution in [3.8, 4) is 0 Å². The zero-order valence-electron chi connectivity index (χ0n) is 14.8. The molecule has 1 aliphatic heterocycles. The molecule has 2 atom stereocenters. The highest BCUT2D eigenvalue weighted by atomic mass is 16.2. The Morgan fingerprint density at radius 1 is 1.25 bits per heavy atom. The number of rotatable bonds is 6. The van der Waals surface area contributed by atoms with E-state index in [1.165, 1.54) is 33.8 Å². The van der Waals surface area contributed by atoms with Crippen molar-refractivity contribution in [1.29, 1.82) is 0 Å². The summed E-state index contributed by atoms with van der Waals surface area (Å²) < 4.78 is 0. The molecule has 130 valence electrons. The van der Waals surface area contributed by atoms with Gasteiger partial charge in [-0.05, 0) is 18.4 Å². The predicted molar refractivity (Wildman–Crippen MR) is 92.8 cm³/mol. The van der Waals surface area contributed by atoms with E-state index in [4.69, 9.17) is 0 Å². The van der Waals surface area contributed by atoms with E-state index in [2.05, 4.69) is 43.4 Å². The maximum Gasteiger partial charge on any atom is 0.324 e. The lowest BCUT2D eigenvalue weighted by Gasteiger charge is -2.27. The first-order valence-corrected chi connectivity index (χ1v) is 9.01. The summed E-state index contributed by atoms with van der Waals surface area (Å²) in [6, 6.07) is 8.83. The van der Waals surface area contributed by atoms with Gasteiger partial charge >= 0.3 is 6.03 Å². The monoisotopic (exact) mass is 330 g/mol. The zero-order valence-corrected chi connectivity index (χ0v) is 14.8. The van der Waals surface area contributed by atoms with E-state index in [0.29, 0.717) is 25.0 Å². The van der Waals surface area contributed by atoms with E-state index in [-0.39, 0.29) is 18.0 Å².